The third-order valence-electron chi connectivity index (χ3n) is 3.48. The topological polar surface area (TPSA) is 49.3 Å². The van der Waals surface area contributed by atoms with E-state index in [1.165, 1.54) is 10.9 Å². The Balaban J connectivity index is 1.76. The van der Waals surface area contributed by atoms with Crippen LogP contribution in [-0.2, 0) is 12.3 Å². The van der Waals surface area contributed by atoms with Crippen molar-refractivity contribution in [1.29, 1.82) is 0 Å². The number of hydrogen-bond acceptors (Lipinski definition) is 4. The predicted molar refractivity (Wildman–Crippen MR) is 107 cm³/mol. The Morgan fingerprint density at radius 1 is 1.28 bits per heavy atom. The Kier molecular flexibility index (Phi) is 8.21. The average Bonchev–Trinajstić information content (AvgIpc) is 2.91. The maximum Gasteiger partial charge on any atom is 0.191 e. The molecule has 0 fully saturated rings. The maximum absolute atomic E-state index is 13.6. The highest BCUT2D eigenvalue weighted by atomic mass is 32.2. The summed E-state index contributed by atoms with van der Waals surface area (Å²) >= 11 is 3.40. The first-order chi connectivity index (χ1) is 12.1. The Morgan fingerprint density at radius 2 is 2.08 bits per heavy atom. The molecular formula is C18H25FN4S2. The number of nitrogens with one attached hydrogen (secondary N) is 2. The Bertz CT molecular complexity index is 700. The van der Waals surface area contributed by atoms with Crippen LogP contribution < -0.4 is 10.6 Å². The van der Waals surface area contributed by atoms with Gasteiger partial charge in [-0.05, 0) is 32.4 Å². The molecule has 2 N–H and O–H groups in total. The van der Waals surface area contributed by atoms with Crippen molar-refractivity contribution in [2.24, 2.45) is 4.99 Å². The van der Waals surface area contributed by atoms with Gasteiger partial charge in [-0.3, -0.25) is 0 Å². The second kappa shape index (κ2) is 10.4. The molecule has 0 atom stereocenters. The number of aromatic nitrogens is 1. The van der Waals surface area contributed by atoms with E-state index in [1.807, 2.05) is 32.9 Å². The van der Waals surface area contributed by atoms with E-state index in [4.69, 9.17) is 0 Å². The number of aliphatic imine (C=N–C) groups is 1. The van der Waals surface area contributed by atoms with Crippen molar-refractivity contribution < 1.29 is 4.39 Å². The zero-order chi connectivity index (χ0) is 18.1. The number of halogens is 1. The van der Waals surface area contributed by atoms with Crippen molar-refractivity contribution in [3.8, 4) is 0 Å². The van der Waals surface area contributed by atoms with Gasteiger partial charge in [-0.25, -0.2) is 14.4 Å². The summed E-state index contributed by atoms with van der Waals surface area (Å²) in [5.74, 6) is 2.24. The minimum atomic E-state index is -0.131. The molecule has 0 saturated heterocycles. The van der Waals surface area contributed by atoms with Crippen LogP contribution >= 0.6 is 23.1 Å². The fraction of sp³-hybridized carbons (Fsp3) is 0.444. The first kappa shape index (κ1) is 19.7. The Hall–Kier alpha value is -1.60. The molecule has 2 aromatic rings. The molecule has 1 heterocycles. The van der Waals surface area contributed by atoms with Gasteiger partial charge in [-0.15, -0.1) is 11.3 Å². The van der Waals surface area contributed by atoms with Crippen LogP contribution in [0.15, 0.2) is 29.3 Å². The molecule has 25 heavy (non-hydrogen) atoms. The predicted octanol–water partition coefficient (Wildman–Crippen LogP) is 3.89. The lowest BCUT2D eigenvalue weighted by atomic mass is 10.2. The molecule has 4 nitrogen and oxygen atoms in total. The van der Waals surface area contributed by atoms with Gasteiger partial charge in [0.2, 0.25) is 0 Å². The van der Waals surface area contributed by atoms with E-state index in [9.17, 15) is 4.39 Å². The van der Waals surface area contributed by atoms with E-state index < -0.39 is 0 Å². The summed E-state index contributed by atoms with van der Waals surface area (Å²) < 4.78 is 13.6. The quantitative estimate of drug-likeness (QED) is 0.414. The summed E-state index contributed by atoms with van der Waals surface area (Å²) in [6.07, 6.45) is 0. The van der Waals surface area contributed by atoms with Crippen LogP contribution in [-0.4, -0.2) is 29.8 Å². The van der Waals surface area contributed by atoms with E-state index in [0.29, 0.717) is 12.3 Å². The Labute approximate surface area is 157 Å². The third-order valence-corrected chi connectivity index (χ3v) is 5.54. The standard InChI is InChI=1S/C18H25FN4S2/c1-4-20-18(22-11-17-13(2)23-14(3)25-17)21-9-10-24-12-15-7-5-6-8-16(15)19/h5-8H,4,9-12H2,1-3H3,(H2,20,21,22). The molecule has 7 heteroatoms. The first-order valence-corrected chi connectivity index (χ1v) is 10.3. The molecule has 0 aliphatic rings. The molecule has 0 unspecified atom stereocenters. The van der Waals surface area contributed by atoms with Crippen LogP contribution in [0.4, 0.5) is 4.39 Å². The van der Waals surface area contributed by atoms with Crippen LogP contribution in [0.3, 0.4) is 0 Å². The molecule has 0 aliphatic heterocycles. The van der Waals surface area contributed by atoms with Crippen molar-refractivity contribution in [2.45, 2.75) is 33.1 Å². The number of thioether (sulfide) groups is 1. The smallest absolute Gasteiger partial charge is 0.191 e. The lowest BCUT2D eigenvalue weighted by Crippen LogP contribution is -2.38. The van der Waals surface area contributed by atoms with E-state index in [1.54, 1.807) is 29.2 Å². The van der Waals surface area contributed by atoms with E-state index in [-0.39, 0.29) is 5.82 Å². The third kappa shape index (κ3) is 6.66. The molecule has 136 valence electrons. The average molecular weight is 381 g/mol. The minimum absolute atomic E-state index is 0.131. The van der Waals surface area contributed by atoms with Gasteiger partial charge in [0.25, 0.3) is 0 Å². The summed E-state index contributed by atoms with van der Waals surface area (Å²) in [5, 5.41) is 7.65. The van der Waals surface area contributed by atoms with Crippen molar-refractivity contribution in [3.63, 3.8) is 0 Å². The van der Waals surface area contributed by atoms with Gasteiger partial charge in [0, 0.05) is 29.5 Å². The molecule has 2 rings (SSSR count). The van der Waals surface area contributed by atoms with Gasteiger partial charge in [-0.1, -0.05) is 18.2 Å². The van der Waals surface area contributed by atoms with Crippen molar-refractivity contribution in [3.05, 3.63) is 51.2 Å². The molecular weight excluding hydrogens is 355 g/mol. The monoisotopic (exact) mass is 380 g/mol. The highest BCUT2D eigenvalue weighted by Crippen LogP contribution is 2.18. The van der Waals surface area contributed by atoms with Crippen LogP contribution in [0, 0.1) is 19.7 Å². The molecule has 0 spiro atoms. The summed E-state index contributed by atoms with van der Waals surface area (Å²) in [4.78, 5) is 10.3. The van der Waals surface area contributed by atoms with Gasteiger partial charge < -0.3 is 10.6 Å². The van der Waals surface area contributed by atoms with Crippen molar-refractivity contribution in [1.82, 2.24) is 15.6 Å². The number of guanidine groups is 1. The number of benzene rings is 1. The molecule has 0 radical (unpaired) electrons. The fourth-order valence-electron chi connectivity index (χ4n) is 2.25. The van der Waals surface area contributed by atoms with Crippen LogP contribution in [0.1, 0.15) is 28.1 Å². The summed E-state index contributed by atoms with van der Waals surface area (Å²) in [6, 6.07) is 6.93. The zero-order valence-corrected chi connectivity index (χ0v) is 16.6. The molecule has 1 aromatic heterocycles. The van der Waals surface area contributed by atoms with Gasteiger partial charge in [0.15, 0.2) is 5.96 Å². The van der Waals surface area contributed by atoms with E-state index >= 15 is 0 Å². The van der Waals surface area contributed by atoms with Crippen molar-refractivity contribution >= 4 is 29.1 Å². The van der Waals surface area contributed by atoms with Gasteiger partial charge in [-0.2, -0.15) is 11.8 Å². The molecule has 0 saturated carbocycles. The van der Waals surface area contributed by atoms with Crippen molar-refractivity contribution in [2.75, 3.05) is 18.8 Å². The molecule has 0 amide bonds. The fourth-order valence-corrected chi connectivity index (χ4v) is 3.96. The highest BCUT2D eigenvalue weighted by Gasteiger charge is 2.05. The van der Waals surface area contributed by atoms with Gasteiger partial charge in [0.1, 0.15) is 5.82 Å². The largest absolute Gasteiger partial charge is 0.357 e. The van der Waals surface area contributed by atoms with Gasteiger partial charge >= 0.3 is 0 Å². The lowest BCUT2D eigenvalue weighted by Gasteiger charge is -2.11. The SMILES string of the molecule is CCNC(=NCc1sc(C)nc1C)NCCSCc1ccccc1F. The van der Waals surface area contributed by atoms with Crippen LogP contribution in [0.5, 0.6) is 0 Å². The number of rotatable bonds is 8. The number of thiazole rings is 1. The normalized spacial score (nSPS) is 11.6. The van der Waals surface area contributed by atoms with Gasteiger partial charge in [0.05, 0.1) is 17.2 Å². The van der Waals surface area contributed by atoms with Crippen LogP contribution in [0.25, 0.3) is 0 Å². The Morgan fingerprint density at radius 3 is 2.76 bits per heavy atom. The summed E-state index contributed by atoms with van der Waals surface area (Å²) in [7, 11) is 0. The maximum atomic E-state index is 13.6. The molecule has 0 aliphatic carbocycles. The molecule has 0 bridgehead atoms. The van der Waals surface area contributed by atoms with E-state index in [0.717, 1.165) is 41.1 Å². The van der Waals surface area contributed by atoms with E-state index in [2.05, 4.69) is 20.6 Å². The lowest BCUT2D eigenvalue weighted by molar-refractivity contribution is 0.617. The number of aryl methyl sites for hydroxylation is 2. The summed E-state index contributed by atoms with van der Waals surface area (Å²) in [6.45, 7) is 8.32. The highest BCUT2D eigenvalue weighted by molar-refractivity contribution is 7.98. The second-order valence-electron chi connectivity index (χ2n) is 5.51. The number of hydrogen-bond donors (Lipinski definition) is 2. The van der Waals surface area contributed by atoms with Crippen LogP contribution in [0.2, 0.25) is 0 Å². The molecule has 1 aromatic carbocycles. The first-order valence-electron chi connectivity index (χ1n) is 8.36. The zero-order valence-electron chi connectivity index (χ0n) is 14.9. The second-order valence-corrected chi connectivity index (χ2v) is 7.90. The summed E-state index contributed by atoms with van der Waals surface area (Å²) in [5.41, 5.74) is 1.81. The minimum Gasteiger partial charge on any atom is -0.357 e. The number of nitrogens with zero attached hydrogens (tertiary/aromatic N) is 2.